The highest BCUT2D eigenvalue weighted by atomic mass is 19.1. The number of carbonyl (C=O) groups is 1. The van der Waals surface area contributed by atoms with Crippen molar-refractivity contribution in [3.63, 3.8) is 0 Å². The maximum Gasteiger partial charge on any atom is 0.328 e. The van der Waals surface area contributed by atoms with Crippen LogP contribution in [0, 0.1) is 5.82 Å². The zero-order valence-corrected chi connectivity index (χ0v) is 16.2. The molecular formula is C21H21FN4O4. The van der Waals surface area contributed by atoms with Crippen molar-refractivity contribution in [2.45, 2.75) is 38.3 Å². The average molecular weight is 412 g/mol. The van der Waals surface area contributed by atoms with Crippen LogP contribution in [0.4, 0.5) is 4.39 Å². The summed E-state index contributed by atoms with van der Waals surface area (Å²) in [7, 11) is 0. The highest BCUT2D eigenvalue weighted by molar-refractivity contribution is 5.76. The van der Waals surface area contributed by atoms with E-state index in [1.54, 1.807) is 23.2 Å². The summed E-state index contributed by atoms with van der Waals surface area (Å²) in [5.41, 5.74) is -0.233. The summed E-state index contributed by atoms with van der Waals surface area (Å²) in [5.74, 6) is 0.544. The number of hydrogen-bond donors (Lipinski definition) is 1. The third-order valence-corrected chi connectivity index (χ3v) is 5.17. The molecule has 1 fully saturated rings. The van der Waals surface area contributed by atoms with E-state index in [-0.39, 0.29) is 24.3 Å². The molecule has 0 unspecified atom stereocenters. The fraction of sp³-hybridized carbons (Fsp3) is 0.333. The highest BCUT2D eigenvalue weighted by Crippen LogP contribution is 2.31. The van der Waals surface area contributed by atoms with Gasteiger partial charge in [0.1, 0.15) is 24.2 Å². The van der Waals surface area contributed by atoms with Crippen LogP contribution in [0.3, 0.4) is 0 Å². The van der Waals surface area contributed by atoms with Crippen LogP contribution < -0.4 is 11.2 Å². The smallest absolute Gasteiger partial charge is 0.328 e. The molecule has 4 rings (SSSR count). The monoisotopic (exact) mass is 412 g/mol. The number of oxazole rings is 1. The van der Waals surface area contributed by atoms with Gasteiger partial charge in [0.25, 0.3) is 5.56 Å². The number of aromatic amines is 1. The fourth-order valence-corrected chi connectivity index (χ4v) is 3.65. The number of hydrogen-bond acceptors (Lipinski definition) is 5. The zero-order valence-electron chi connectivity index (χ0n) is 16.2. The third-order valence-electron chi connectivity index (χ3n) is 5.17. The van der Waals surface area contributed by atoms with E-state index in [0.717, 1.165) is 18.4 Å². The first-order valence-corrected chi connectivity index (χ1v) is 9.78. The molecule has 0 aliphatic carbocycles. The van der Waals surface area contributed by atoms with Crippen LogP contribution in [-0.4, -0.2) is 31.9 Å². The lowest BCUT2D eigenvalue weighted by Gasteiger charge is -2.33. The molecule has 1 aliphatic heterocycles. The SMILES string of the molecule is O=C(Cn1ccc(=O)[nH]c1=O)N1CCCC[C@H]1c1ncc(Cc2ccc(F)cc2)o1. The van der Waals surface area contributed by atoms with Gasteiger partial charge in [-0.1, -0.05) is 12.1 Å². The molecule has 1 amide bonds. The van der Waals surface area contributed by atoms with Crippen molar-refractivity contribution < 1.29 is 13.6 Å². The first kappa shape index (κ1) is 19.8. The van der Waals surface area contributed by atoms with Crippen LogP contribution in [0.5, 0.6) is 0 Å². The lowest BCUT2D eigenvalue weighted by molar-refractivity contribution is -0.136. The second-order valence-electron chi connectivity index (χ2n) is 7.30. The Balaban J connectivity index is 1.50. The zero-order chi connectivity index (χ0) is 21.1. The Morgan fingerprint density at radius 1 is 1.20 bits per heavy atom. The van der Waals surface area contributed by atoms with Gasteiger partial charge in [-0.15, -0.1) is 0 Å². The van der Waals surface area contributed by atoms with Gasteiger partial charge in [-0.05, 0) is 37.0 Å². The summed E-state index contributed by atoms with van der Waals surface area (Å²) in [6.45, 7) is 0.368. The number of carbonyl (C=O) groups excluding carboxylic acids is 1. The van der Waals surface area contributed by atoms with E-state index in [1.807, 2.05) is 0 Å². The van der Waals surface area contributed by atoms with Crippen LogP contribution in [0.1, 0.15) is 42.5 Å². The number of piperidine rings is 1. The fourth-order valence-electron chi connectivity index (χ4n) is 3.65. The second-order valence-corrected chi connectivity index (χ2v) is 7.30. The van der Waals surface area contributed by atoms with E-state index < -0.39 is 11.2 Å². The van der Waals surface area contributed by atoms with Crippen molar-refractivity contribution in [3.05, 3.63) is 86.6 Å². The minimum atomic E-state index is -0.623. The molecule has 2 aromatic heterocycles. The van der Waals surface area contributed by atoms with Gasteiger partial charge in [0.15, 0.2) is 0 Å². The molecular weight excluding hydrogens is 391 g/mol. The van der Waals surface area contributed by atoms with Crippen molar-refractivity contribution >= 4 is 5.91 Å². The predicted molar refractivity (Wildman–Crippen MR) is 105 cm³/mol. The molecule has 1 saturated heterocycles. The van der Waals surface area contributed by atoms with Gasteiger partial charge in [-0.3, -0.25) is 19.1 Å². The van der Waals surface area contributed by atoms with E-state index in [9.17, 15) is 18.8 Å². The molecule has 8 nitrogen and oxygen atoms in total. The van der Waals surface area contributed by atoms with Crippen LogP contribution in [0.15, 0.2) is 56.7 Å². The summed E-state index contributed by atoms with van der Waals surface area (Å²) in [6, 6.07) is 7.07. The molecule has 1 N–H and O–H groups in total. The Bertz CT molecular complexity index is 1150. The number of benzene rings is 1. The Kier molecular flexibility index (Phi) is 5.60. The number of amides is 1. The normalized spacial score (nSPS) is 16.6. The van der Waals surface area contributed by atoms with Crippen molar-refractivity contribution in [2.24, 2.45) is 0 Å². The molecule has 3 aromatic rings. The summed E-state index contributed by atoms with van der Waals surface area (Å²) in [5, 5.41) is 0. The van der Waals surface area contributed by atoms with Gasteiger partial charge >= 0.3 is 5.69 Å². The molecule has 0 spiro atoms. The minimum Gasteiger partial charge on any atom is -0.443 e. The number of halogens is 1. The number of nitrogens with one attached hydrogen (secondary N) is 1. The molecule has 1 aromatic carbocycles. The maximum atomic E-state index is 13.1. The largest absolute Gasteiger partial charge is 0.443 e. The van der Waals surface area contributed by atoms with Crippen molar-refractivity contribution in [3.8, 4) is 0 Å². The van der Waals surface area contributed by atoms with Crippen molar-refractivity contribution in [1.29, 1.82) is 0 Å². The standard InChI is InChI=1S/C21H21FN4O4/c22-15-6-4-14(5-7-15)11-16-12-23-20(30-16)17-3-1-2-9-26(17)19(28)13-25-10-8-18(27)24-21(25)29/h4-8,10,12,17H,1-3,9,11,13H2,(H,24,27,29)/t17-/m0/s1. The molecule has 3 heterocycles. The van der Waals surface area contributed by atoms with E-state index in [2.05, 4.69) is 9.97 Å². The molecule has 30 heavy (non-hydrogen) atoms. The molecule has 1 atom stereocenters. The van der Waals surface area contributed by atoms with Gasteiger partial charge in [-0.2, -0.15) is 0 Å². The molecule has 0 saturated carbocycles. The third kappa shape index (κ3) is 4.40. The van der Waals surface area contributed by atoms with Crippen LogP contribution >= 0.6 is 0 Å². The van der Waals surface area contributed by atoms with E-state index in [0.29, 0.717) is 31.0 Å². The Hall–Kier alpha value is -3.49. The average Bonchev–Trinajstić information content (AvgIpc) is 3.20. The molecule has 0 bridgehead atoms. The van der Waals surface area contributed by atoms with Gasteiger partial charge in [0.2, 0.25) is 11.8 Å². The maximum absolute atomic E-state index is 13.1. The summed E-state index contributed by atoms with van der Waals surface area (Å²) in [6.07, 6.45) is 5.91. The number of H-pyrrole nitrogens is 1. The Morgan fingerprint density at radius 3 is 2.77 bits per heavy atom. The van der Waals surface area contributed by atoms with E-state index >= 15 is 0 Å². The molecule has 1 aliphatic rings. The topological polar surface area (TPSA) is 101 Å². The second kappa shape index (κ2) is 8.48. The van der Waals surface area contributed by atoms with E-state index in [1.165, 1.54) is 29.0 Å². The lowest BCUT2D eigenvalue weighted by Crippen LogP contribution is -2.42. The van der Waals surface area contributed by atoms with Crippen LogP contribution in [0.25, 0.3) is 0 Å². The van der Waals surface area contributed by atoms with Gasteiger partial charge in [-0.25, -0.2) is 14.2 Å². The number of nitrogens with zero attached hydrogens (tertiary/aromatic N) is 3. The number of rotatable bonds is 5. The van der Waals surface area contributed by atoms with Crippen LogP contribution in [0.2, 0.25) is 0 Å². The Labute approximate surface area is 171 Å². The molecule has 9 heteroatoms. The van der Waals surface area contributed by atoms with E-state index in [4.69, 9.17) is 4.42 Å². The van der Waals surface area contributed by atoms with Gasteiger partial charge in [0, 0.05) is 25.2 Å². The van der Waals surface area contributed by atoms with Gasteiger partial charge < -0.3 is 9.32 Å². The minimum absolute atomic E-state index is 0.171. The summed E-state index contributed by atoms with van der Waals surface area (Å²) in [4.78, 5) is 44.2. The van der Waals surface area contributed by atoms with Gasteiger partial charge in [0.05, 0.1) is 6.20 Å². The first-order valence-electron chi connectivity index (χ1n) is 9.78. The highest BCUT2D eigenvalue weighted by Gasteiger charge is 2.31. The predicted octanol–water partition coefficient (Wildman–Crippen LogP) is 2.01. The quantitative estimate of drug-likeness (QED) is 0.691. The number of likely N-dealkylation sites (tertiary alicyclic amines) is 1. The number of aromatic nitrogens is 3. The van der Waals surface area contributed by atoms with Crippen molar-refractivity contribution in [1.82, 2.24) is 19.4 Å². The first-order chi connectivity index (χ1) is 14.5. The summed E-state index contributed by atoms with van der Waals surface area (Å²) < 4.78 is 20.2. The molecule has 156 valence electrons. The van der Waals surface area contributed by atoms with Crippen LogP contribution in [-0.2, 0) is 17.8 Å². The molecule has 0 radical (unpaired) electrons. The van der Waals surface area contributed by atoms with Crippen molar-refractivity contribution in [2.75, 3.05) is 6.54 Å². The Morgan fingerprint density at radius 2 is 2.00 bits per heavy atom. The summed E-state index contributed by atoms with van der Waals surface area (Å²) >= 11 is 0. The lowest BCUT2D eigenvalue weighted by atomic mass is 10.0.